The van der Waals surface area contributed by atoms with Crippen LogP contribution in [-0.4, -0.2) is 81.6 Å². The van der Waals surface area contributed by atoms with Gasteiger partial charge in [-0.2, -0.15) is 4.98 Å². The van der Waals surface area contributed by atoms with Gasteiger partial charge in [0.2, 0.25) is 0 Å². The summed E-state index contributed by atoms with van der Waals surface area (Å²) in [7, 11) is 0. The Kier molecular flexibility index (Phi) is 8.14. The predicted octanol–water partition coefficient (Wildman–Crippen LogP) is 6.57. The van der Waals surface area contributed by atoms with Crippen LogP contribution in [0.5, 0.6) is 0 Å². The molecule has 45 heavy (non-hydrogen) atoms. The minimum atomic E-state index is -0.819. The van der Waals surface area contributed by atoms with Gasteiger partial charge in [0.25, 0.3) is 0 Å². The third kappa shape index (κ3) is 5.69. The molecule has 3 aliphatic heterocycles. The Morgan fingerprint density at radius 1 is 1.11 bits per heavy atom. The molecule has 3 aliphatic rings. The lowest BCUT2D eigenvalue weighted by Gasteiger charge is -2.49. The number of hydrogen-bond acceptors (Lipinski definition) is 7. The van der Waals surface area contributed by atoms with Gasteiger partial charge in [-0.15, -0.1) is 11.8 Å². The van der Waals surface area contributed by atoms with E-state index in [-0.39, 0.29) is 39.9 Å². The number of rotatable bonds is 3. The molecule has 0 radical (unpaired) electrons. The molecule has 1 amide bonds. The van der Waals surface area contributed by atoms with Crippen molar-refractivity contribution < 1.29 is 18.3 Å². The summed E-state index contributed by atoms with van der Waals surface area (Å²) in [6.07, 6.45) is -0.368. The van der Waals surface area contributed by atoms with Crippen molar-refractivity contribution in [1.29, 1.82) is 0 Å². The van der Waals surface area contributed by atoms with Crippen LogP contribution in [0, 0.1) is 24.0 Å². The summed E-state index contributed by atoms with van der Waals surface area (Å²) in [5, 5.41) is 0.630. The summed E-state index contributed by atoms with van der Waals surface area (Å²) >= 11 is 7.79. The number of aryl methyl sites for hydroxylation is 1. The Bertz CT molecular complexity index is 1740. The van der Waals surface area contributed by atoms with Gasteiger partial charge in [0.1, 0.15) is 23.1 Å². The molecule has 0 N–H and O–H groups in total. The molecular weight excluding hydrogens is 620 g/mol. The fraction of sp³-hybridized carbons (Fsp3) is 0.545. The van der Waals surface area contributed by atoms with Crippen molar-refractivity contribution >= 4 is 46.2 Å². The first kappa shape index (κ1) is 32.1. The molecule has 1 spiro atoms. The van der Waals surface area contributed by atoms with E-state index in [9.17, 15) is 14.0 Å². The number of piperazine rings is 1. The molecule has 0 unspecified atom stereocenters. The topological polar surface area (TPSA) is 70.9 Å². The highest BCUT2D eigenvalue weighted by Crippen LogP contribution is 2.49. The molecule has 0 saturated carbocycles. The van der Waals surface area contributed by atoms with Crippen molar-refractivity contribution in [2.24, 2.45) is 5.41 Å². The van der Waals surface area contributed by atoms with E-state index >= 15 is 4.39 Å². The first-order chi connectivity index (χ1) is 21.1. The number of ether oxygens (including phenoxy) is 1. The van der Waals surface area contributed by atoms with Gasteiger partial charge in [0.05, 0.1) is 22.6 Å². The fourth-order valence-corrected chi connectivity index (χ4v) is 8.85. The first-order valence-electron chi connectivity index (χ1n) is 15.5. The van der Waals surface area contributed by atoms with Crippen molar-refractivity contribution in [3.8, 4) is 11.1 Å². The Balaban J connectivity index is 1.51. The van der Waals surface area contributed by atoms with Crippen LogP contribution in [0.25, 0.3) is 22.0 Å². The van der Waals surface area contributed by atoms with Crippen LogP contribution in [0.4, 0.5) is 19.4 Å². The van der Waals surface area contributed by atoms with Crippen LogP contribution in [-0.2, 0) is 11.3 Å². The second-order valence-corrected chi connectivity index (χ2v) is 15.3. The Morgan fingerprint density at radius 3 is 2.40 bits per heavy atom. The zero-order valence-corrected chi connectivity index (χ0v) is 28.4. The van der Waals surface area contributed by atoms with E-state index in [1.807, 2.05) is 47.6 Å². The number of likely N-dealkylation sites (tertiary alicyclic amines) is 1. The monoisotopic (exact) mass is 659 g/mol. The van der Waals surface area contributed by atoms with Crippen LogP contribution in [0.3, 0.4) is 0 Å². The van der Waals surface area contributed by atoms with Gasteiger partial charge < -0.3 is 14.5 Å². The standard InChI is InChI=1S/C33H40ClF2N5O3S/c1-8-38-14-33(15-38)16-40-27-22(9-18(2)26(28(27)45-17-33)21-10-23(34)25(36)11-24(21)35)29(37-30(40)42)39-12-19(3)41(20(4)13-39)31(43)44-32(5,6)7/h9-11,19-20H,8,12-17H2,1-7H3/t19-,20+. The molecule has 1 aromatic heterocycles. The second kappa shape index (κ2) is 11.4. The molecule has 0 aliphatic carbocycles. The Morgan fingerprint density at radius 2 is 1.78 bits per heavy atom. The highest BCUT2D eigenvalue weighted by molar-refractivity contribution is 7.99. The highest BCUT2D eigenvalue weighted by Gasteiger charge is 2.45. The zero-order chi connectivity index (χ0) is 32.6. The van der Waals surface area contributed by atoms with Gasteiger partial charge in [-0.25, -0.2) is 18.4 Å². The highest BCUT2D eigenvalue weighted by atomic mass is 35.5. The summed E-state index contributed by atoms with van der Waals surface area (Å²) < 4.78 is 37.1. The number of halogens is 3. The van der Waals surface area contributed by atoms with E-state index in [2.05, 4.69) is 16.7 Å². The lowest BCUT2D eigenvalue weighted by atomic mass is 9.81. The molecule has 8 nitrogen and oxygen atoms in total. The van der Waals surface area contributed by atoms with Crippen molar-refractivity contribution in [1.82, 2.24) is 19.4 Å². The summed E-state index contributed by atoms with van der Waals surface area (Å²) in [6.45, 7) is 17.5. The van der Waals surface area contributed by atoms with E-state index < -0.39 is 17.2 Å². The number of hydrogen-bond donors (Lipinski definition) is 0. The minimum Gasteiger partial charge on any atom is -0.444 e. The average molecular weight is 660 g/mol. The first-order valence-corrected chi connectivity index (χ1v) is 16.8. The van der Waals surface area contributed by atoms with Crippen molar-refractivity contribution in [3.05, 3.63) is 50.9 Å². The third-order valence-corrected chi connectivity index (χ3v) is 10.8. The molecule has 2 atom stereocenters. The normalized spacial score (nSPS) is 21.6. The molecular formula is C33H40ClF2N5O3S. The van der Waals surface area contributed by atoms with Gasteiger partial charge in [0.15, 0.2) is 0 Å². The Hall–Kier alpha value is -2.89. The minimum absolute atomic E-state index is 0.133. The number of carbonyl (C=O) groups is 1. The van der Waals surface area contributed by atoms with Crippen molar-refractivity contribution in [3.63, 3.8) is 0 Å². The summed E-state index contributed by atoms with van der Waals surface area (Å²) in [5.41, 5.74) is 1.17. The smallest absolute Gasteiger partial charge is 0.410 e. The maximum Gasteiger partial charge on any atom is 0.410 e. The fourth-order valence-electron chi connectivity index (χ4n) is 7.19. The largest absolute Gasteiger partial charge is 0.444 e. The lowest BCUT2D eigenvalue weighted by molar-refractivity contribution is 0.00561. The molecule has 6 rings (SSSR count). The number of carbonyl (C=O) groups excluding carboxylic acids is 1. The molecule has 4 heterocycles. The maximum atomic E-state index is 15.5. The summed E-state index contributed by atoms with van der Waals surface area (Å²) in [4.78, 5) is 38.7. The molecule has 2 fully saturated rings. The molecule has 12 heteroatoms. The third-order valence-electron chi connectivity index (χ3n) is 9.08. The van der Waals surface area contributed by atoms with Crippen LogP contribution in [0.2, 0.25) is 5.02 Å². The van der Waals surface area contributed by atoms with Gasteiger partial charge >= 0.3 is 11.8 Å². The maximum absolute atomic E-state index is 15.5. The van der Waals surface area contributed by atoms with Gasteiger partial charge in [-0.05, 0) is 65.8 Å². The van der Waals surface area contributed by atoms with Crippen LogP contribution >= 0.6 is 23.4 Å². The Labute approximate surface area is 271 Å². The van der Waals surface area contributed by atoms with E-state index in [4.69, 9.17) is 21.3 Å². The number of amides is 1. The number of aromatic nitrogens is 2. The predicted molar refractivity (Wildman–Crippen MR) is 176 cm³/mol. The van der Waals surface area contributed by atoms with E-state index in [0.29, 0.717) is 36.5 Å². The number of thioether (sulfide) groups is 1. The SMILES string of the molecule is CCN1CC2(CSc3c(-c4cc(Cl)c(F)cc4F)c(C)cc4c(N5C[C@@H](C)N(C(=O)OC(C)(C)C)[C@@H](C)C5)nc(=O)n(c34)C2)C1. The van der Waals surface area contributed by atoms with E-state index in [1.165, 1.54) is 6.07 Å². The zero-order valence-electron chi connectivity index (χ0n) is 26.8. The van der Waals surface area contributed by atoms with Gasteiger partial charge in [-0.1, -0.05) is 18.5 Å². The average Bonchev–Trinajstić information content (AvgIpc) is 3.09. The van der Waals surface area contributed by atoms with Gasteiger partial charge in [0, 0.05) is 71.4 Å². The van der Waals surface area contributed by atoms with Crippen molar-refractivity contribution in [2.75, 3.05) is 43.4 Å². The lowest BCUT2D eigenvalue weighted by Crippen LogP contribution is -2.60. The van der Waals surface area contributed by atoms with Crippen LogP contribution in [0.15, 0.2) is 27.9 Å². The quantitative estimate of drug-likeness (QED) is 0.295. The number of anilines is 1. The van der Waals surface area contributed by atoms with Crippen molar-refractivity contribution in [2.45, 2.75) is 77.6 Å². The molecule has 2 aromatic carbocycles. The summed E-state index contributed by atoms with van der Waals surface area (Å²) in [5.74, 6) is -0.243. The number of benzene rings is 2. The molecule has 2 saturated heterocycles. The van der Waals surface area contributed by atoms with Gasteiger partial charge in [-0.3, -0.25) is 9.47 Å². The van der Waals surface area contributed by atoms with E-state index in [1.54, 1.807) is 21.2 Å². The van der Waals surface area contributed by atoms with Crippen LogP contribution < -0.4 is 10.6 Å². The molecule has 3 aromatic rings. The summed E-state index contributed by atoms with van der Waals surface area (Å²) in [6, 6.07) is 3.70. The van der Waals surface area contributed by atoms with E-state index in [0.717, 1.165) is 47.3 Å². The molecule has 242 valence electrons. The van der Waals surface area contributed by atoms with Crippen LogP contribution in [0.1, 0.15) is 47.1 Å². The molecule has 0 bridgehead atoms. The second-order valence-electron chi connectivity index (χ2n) is 13.9. The number of nitrogens with zero attached hydrogens (tertiary/aromatic N) is 5.